The van der Waals surface area contributed by atoms with Gasteiger partial charge in [0.15, 0.2) is 0 Å². The van der Waals surface area contributed by atoms with E-state index in [0.29, 0.717) is 5.41 Å². The van der Waals surface area contributed by atoms with Crippen LogP contribution in [0.3, 0.4) is 0 Å². The van der Waals surface area contributed by atoms with Crippen LogP contribution in [0.5, 0.6) is 0 Å². The van der Waals surface area contributed by atoms with Crippen molar-refractivity contribution in [2.24, 2.45) is 11.3 Å². The van der Waals surface area contributed by atoms with Gasteiger partial charge in [-0.15, -0.1) is 0 Å². The van der Waals surface area contributed by atoms with Gasteiger partial charge in [-0.2, -0.15) is 0 Å². The van der Waals surface area contributed by atoms with E-state index in [1.54, 1.807) is 0 Å². The normalized spacial score (nSPS) is 16.9. The molecule has 1 amide bonds. The predicted molar refractivity (Wildman–Crippen MR) is 82.5 cm³/mol. The second kappa shape index (κ2) is 6.27. The number of benzene rings is 1. The molecule has 0 unspecified atom stereocenters. The number of nitrogen functional groups attached to an aromatic ring is 1. The molecule has 1 saturated carbocycles. The van der Waals surface area contributed by atoms with E-state index in [-0.39, 0.29) is 5.91 Å². The van der Waals surface area contributed by atoms with Gasteiger partial charge in [0.25, 0.3) is 5.91 Å². The van der Waals surface area contributed by atoms with Crippen LogP contribution in [0.25, 0.3) is 0 Å². The van der Waals surface area contributed by atoms with Crippen LogP contribution < -0.4 is 16.6 Å². The first-order valence-electron chi connectivity index (χ1n) is 7.46. The van der Waals surface area contributed by atoms with E-state index in [4.69, 9.17) is 5.84 Å². The zero-order valence-electron chi connectivity index (χ0n) is 12.5. The van der Waals surface area contributed by atoms with Crippen LogP contribution in [0.4, 0.5) is 5.69 Å². The molecule has 1 aliphatic carbocycles. The molecule has 1 fully saturated rings. The van der Waals surface area contributed by atoms with E-state index < -0.39 is 0 Å². The largest absolute Gasteiger partial charge is 0.351 e. The van der Waals surface area contributed by atoms with Gasteiger partial charge in [-0.25, -0.2) is 0 Å². The number of nitrogens with one attached hydrogen (secondary N) is 2. The van der Waals surface area contributed by atoms with Crippen LogP contribution >= 0.6 is 0 Å². The van der Waals surface area contributed by atoms with Crippen molar-refractivity contribution in [1.29, 1.82) is 0 Å². The molecule has 2 rings (SSSR count). The fraction of sp³-hybridized carbons (Fsp3) is 0.562. The van der Waals surface area contributed by atoms with Gasteiger partial charge in [0.2, 0.25) is 0 Å². The molecular weight excluding hydrogens is 250 g/mol. The monoisotopic (exact) mass is 275 g/mol. The molecule has 0 aromatic heterocycles. The fourth-order valence-corrected chi connectivity index (χ4v) is 3.15. The van der Waals surface area contributed by atoms with Crippen molar-refractivity contribution in [2.45, 2.75) is 46.0 Å². The van der Waals surface area contributed by atoms with E-state index in [0.717, 1.165) is 29.8 Å². The summed E-state index contributed by atoms with van der Waals surface area (Å²) >= 11 is 0. The maximum atomic E-state index is 12.3. The Hall–Kier alpha value is -1.55. The molecule has 110 valence electrons. The molecule has 0 aliphatic heterocycles. The smallest absolute Gasteiger partial charge is 0.251 e. The molecule has 4 nitrogen and oxygen atoms in total. The van der Waals surface area contributed by atoms with Crippen LogP contribution in [-0.4, -0.2) is 12.5 Å². The Labute approximate surface area is 121 Å². The zero-order valence-corrected chi connectivity index (χ0v) is 12.5. The molecule has 0 atom stereocenters. The molecule has 0 heterocycles. The number of rotatable bonds is 5. The van der Waals surface area contributed by atoms with Crippen molar-refractivity contribution in [3.63, 3.8) is 0 Å². The quantitative estimate of drug-likeness (QED) is 0.571. The molecule has 1 aromatic carbocycles. The van der Waals surface area contributed by atoms with Crippen molar-refractivity contribution in [1.82, 2.24) is 5.32 Å². The van der Waals surface area contributed by atoms with Crippen molar-refractivity contribution in [3.8, 4) is 0 Å². The minimum Gasteiger partial charge on any atom is -0.351 e. The molecule has 1 aromatic rings. The Kier molecular flexibility index (Phi) is 4.65. The Morgan fingerprint density at radius 3 is 2.60 bits per heavy atom. The van der Waals surface area contributed by atoms with Crippen LogP contribution in [-0.2, 0) is 0 Å². The van der Waals surface area contributed by atoms with Crippen molar-refractivity contribution >= 4 is 11.6 Å². The molecular formula is C16H25N3O. The van der Waals surface area contributed by atoms with Gasteiger partial charge in [0, 0.05) is 17.8 Å². The standard InChI is InChI=1S/C16H25N3O/c1-3-16(8-4-5-9-16)11-18-15(20)14-7-6-13(19-17)10-12(14)2/h6-7,10,19H,3-5,8-9,11,17H2,1-2H3,(H,18,20). The zero-order chi connectivity index (χ0) is 14.6. The van der Waals surface area contributed by atoms with E-state index >= 15 is 0 Å². The Morgan fingerprint density at radius 2 is 2.05 bits per heavy atom. The van der Waals surface area contributed by atoms with Gasteiger partial charge >= 0.3 is 0 Å². The fourth-order valence-electron chi connectivity index (χ4n) is 3.15. The molecule has 0 saturated heterocycles. The summed E-state index contributed by atoms with van der Waals surface area (Å²) in [6.07, 6.45) is 6.19. The van der Waals surface area contributed by atoms with Gasteiger partial charge in [-0.05, 0) is 55.4 Å². The van der Waals surface area contributed by atoms with Crippen LogP contribution in [0.15, 0.2) is 18.2 Å². The number of carbonyl (C=O) groups is 1. The predicted octanol–water partition coefficient (Wildman–Crippen LogP) is 2.98. The lowest BCUT2D eigenvalue weighted by atomic mass is 9.83. The molecule has 4 N–H and O–H groups in total. The number of aryl methyl sites for hydroxylation is 1. The lowest BCUT2D eigenvalue weighted by Crippen LogP contribution is -2.35. The SMILES string of the molecule is CCC1(CNC(=O)c2ccc(NN)cc2C)CCCC1. The first-order valence-corrected chi connectivity index (χ1v) is 7.46. The summed E-state index contributed by atoms with van der Waals surface area (Å²) in [5.41, 5.74) is 5.40. The van der Waals surface area contributed by atoms with E-state index in [1.807, 2.05) is 25.1 Å². The minimum atomic E-state index is 0.0193. The number of amides is 1. The van der Waals surface area contributed by atoms with E-state index in [2.05, 4.69) is 17.7 Å². The van der Waals surface area contributed by atoms with Gasteiger partial charge in [0.05, 0.1) is 0 Å². The lowest BCUT2D eigenvalue weighted by molar-refractivity contribution is 0.0928. The van der Waals surface area contributed by atoms with Gasteiger partial charge in [0.1, 0.15) is 0 Å². The van der Waals surface area contributed by atoms with E-state index in [9.17, 15) is 4.79 Å². The third-order valence-corrected chi connectivity index (χ3v) is 4.68. The van der Waals surface area contributed by atoms with Crippen molar-refractivity contribution in [3.05, 3.63) is 29.3 Å². The minimum absolute atomic E-state index is 0.0193. The highest BCUT2D eigenvalue weighted by Gasteiger charge is 2.32. The van der Waals surface area contributed by atoms with Gasteiger partial charge in [-0.3, -0.25) is 10.6 Å². The van der Waals surface area contributed by atoms with E-state index in [1.165, 1.54) is 25.7 Å². The maximum absolute atomic E-state index is 12.3. The summed E-state index contributed by atoms with van der Waals surface area (Å²) in [6.45, 7) is 4.95. The number of nitrogens with two attached hydrogens (primary N) is 1. The highest BCUT2D eigenvalue weighted by atomic mass is 16.1. The van der Waals surface area contributed by atoms with Crippen LogP contribution in [0, 0.1) is 12.3 Å². The molecule has 0 bridgehead atoms. The number of hydrogen-bond acceptors (Lipinski definition) is 3. The number of anilines is 1. The number of hydrogen-bond donors (Lipinski definition) is 3. The first kappa shape index (κ1) is 14.9. The Balaban J connectivity index is 2.01. The highest BCUT2D eigenvalue weighted by molar-refractivity contribution is 5.96. The average molecular weight is 275 g/mol. The molecule has 4 heteroatoms. The summed E-state index contributed by atoms with van der Waals surface area (Å²) in [6, 6.07) is 5.54. The lowest BCUT2D eigenvalue weighted by Gasteiger charge is -2.27. The molecule has 1 aliphatic rings. The first-order chi connectivity index (χ1) is 9.60. The summed E-state index contributed by atoms with van der Waals surface area (Å²) in [5.74, 6) is 5.39. The molecule has 0 radical (unpaired) electrons. The second-order valence-electron chi connectivity index (χ2n) is 5.92. The third kappa shape index (κ3) is 3.12. The topological polar surface area (TPSA) is 67.2 Å². The Bertz CT molecular complexity index is 479. The second-order valence-corrected chi connectivity index (χ2v) is 5.92. The summed E-state index contributed by atoms with van der Waals surface area (Å²) in [5, 5.41) is 3.12. The summed E-state index contributed by atoms with van der Waals surface area (Å²) in [7, 11) is 0. The Morgan fingerprint density at radius 1 is 1.35 bits per heavy atom. The molecule has 0 spiro atoms. The highest BCUT2D eigenvalue weighted by Crippen LogP contribution is 2.40. The van der Waals surface area contributed by atoms with Gasteiger partial charge in [-0.1, -0.05) is 19.8 Å². The molecule has 20 heavy (non-hydrogen) atoms. The third-order valence-electron chi connectivity index (χ3n) is 4.68. The summed E-state index contributed by atoms with van der Waals surface area (Å²) < 4.78 is 0. The average Bonchev–Trinajstić information content (AvgIpc) is 2.94. The number of hydrazine groups is 1. The van der Waals surface area contributed by atoms with Crippen LogP contribution in [0.2, 0.25) is 0 Å². The number of carbonyl (C=O) groups excluding carboxylic acids is 1. The van der Waals surface area contributed by atoms with Crippen LogP contribution in [0.1, 0.15) is 54.9 Å². The van der Waals surface area contributed by atoms with Crippen molar-refractivity contribution < 1.29 is 4.79 Å². The van der Waals surface area contributed by atoms with Gasteiger partial charge < -0.3 is 10.7 Å². The van der Waals surface area contributed by atoms with Crippen molar-refractivity contribution in [2.75, 3.05) is 12.0 Å². The summed E-state index contributed by atoms with van der Waals surface area (Å²) in [4.78, 5) is 12.3. The maximum Gasteiger partial charge on any atom is 0.251 e.